The summed E-state index contributed by atoms with van der Waals surface area (Å²) in [4.78, 5) is 23.7. The van der Waals surface area contributed by atoms with E-state index in [0.717, 1.165) is 6.42 Å². The molecule has 2 aromatic heterocycles. The number of likely N-dealkylation sites (N-methyl/N-ethyl adjacent to an activating group) is 1. The number of carbonyl (C=O) groups is 1. The van der Waals surface area contributed by atoms with Gasteiger partial charge in [0.25, 0.3) is 26.0 Å². The Hall–Kier alpha value is -3.51. The molecule has 0 bridgehead atoms. The molecular weight excluding hydrogens is 651 g/mol. The van der Waals surface area contributed by atoms with Crippen molar-refractivity contribution in [2.45, 2.75) is 68.3 Å². The number of nitrogens with zero attached hydrogens (tertiary/aromatic N) is 6. The van der Waals surface area contributed by atoms with Gasteiger partial charge in [0.1, 0.15) is 5.75 Å². The number of aliphatic hydroxyl groups excluding tert-OH is 1. The summed E-state index contributed by atoms with van der Waals surface area (Å²) >= 11 is 0. The van der Waals surface area contributed by atoms with Crippen LogP contribution in [0.4, 0.5) is 5.69 Å². The van der Waals surface area contributed by atoms with Crippen LogP contribution in [0.1, 0.15) is 50.4 Å². The molecule has 260 valence electrons. The number of hydrogen-bond acceptors (Lipinski definition) is 10. The van der Waals surface area contributed by atoms with E-state index in [-0.39, 0.29) is 58.8 Å². The van der Waals surface area contributed by atoms with Crippen LogP contribution in [-0.4, -0.2) is 108 Å². The highest BCUT2D eigenvalue weighted by Crippen LogP contribution is 2.29. The molecular formula is C30H45N7O8S2. The minimum absolute atomic E-state index is 0.00512. The number of imidazole rings is 2. The van der Waals surface area contributed by atoms with Gasteiger partial charge in [0, 0.05) is 64.8 Å². The Morgan fingerprint density at radius 3 is 2.34 bits per heavy atom. The summed E-state index contributed by atoms with van der Waals surface area (Å²) in [5.74, 6) is -0.603. The van der Waals surface area contributed by atoms with E-state index in [0.29, 0.717) is 19.4 Å². The van der Waals surface area contributed by atoms with Crippen molar-refractivity contribution in [2.75, 3.05) is 38.1 Å². The third kappa shape index (κ3) is 8.90. The van der Waals surface area contributed by atoms with Crippen molar-refractivity contribution in [1.29, 1.82) is 0 Å². The van der Waals surface area contributed by atoms with Crippen LogP contribution in [0.3, 0.4) is 0 Å². The average Bonchev–Trinajstić information content (AvgIpc) is 3.67. The number of hydrogen-bond donors (Lipinski definition) is 2. The highest BCUT2D eigenvalue weighted by molar-refractivity contribution is 7.92. The molecule has 15 nitrogen and oxygen atoms in total. The summed E-state index contributed by atoms with van der Waals surface area (Å²) in [6.07, 6.45) is 6.79. The lowest BCUT2D eigenvalue weighted by molar-refractivity contribution is -0.00835. The Morgan fingerprint density at radius 1 is 1.06 bits per heavy atom. The highest BCUT2D eigenvalue weighted by Gasteiger charge is 2.33. The van der Waals surface area contributed by atoms with E-state index in [1.165, 1.54) is 58.0 Å². The number of ether oxygens (including phenoxy) is 2. The predicted octanol–water partition coefficient (Wildman–Crippen LogP) is 2.07. The fourth-order valence-corrected chi connectivity index (χ4v) is 7.39. The summed E-state index contributed by atoms with van der Waals surface area (Å²) in [7, 11) is -3.16. The summed E-state index contributed by atoms with van der Waals surface area (Å²) < 4.78 is 71.9. The smallest absolute Gasteiger partial charge is 0.280 e. The third-order valence-electron chi connectivity index (χ3n) is 8.05. The molecule has 0 radical (unpaired) electrons. The number of sulfonamides is 2. The van der Waals surface area contributed by atoms with Crippen molar-refractivity contribution in [3.05, 3.63) is 48.8 Å². The lowest BCUT2D eigenvalue weighted by atomic mass is 10.0. The molecule has 1 amide bonds. The molecule has 47 heavy (non-hydrogen) atoms. The minimum atomic E-state index is -4.05. The van der Waals surface area contributed by atoms with Crippen molar-refractivity contribution in [2.24, 2.45) is 20.0 Å². The number of carbonyl (C=O) groups excluding carboxylic acids is 1. The van der Waals surface area contributed by atoms with Crippen LogP contribution in [-0.2, 0) is 38.9 Å². The van der Waals surface area contributed by atoms with E-state index in [4.69, 9.17) is 9.47 Å². The molecule has 1 aliphatic rings. The van der Waals surface area contributed by atoms with Crippen molar-refractivity contribution < 1.29 is 36.2 Å². The molecule has 3 aromatic rings. The first-order valence-electron chi connectivity index (χ1n) is 15.4. The van der Waals surface area contributed by atoms with Gasteiger partial charge in [0.15, 0.2) is 10.1 Å². The zero-order chi connectivity index (χ0) is 34.5. The molecule has 4 rings (SSSR count). The van der Waals surface area contributed by atoms with Gasteiger partial charge in [-0.3, -0.25) is 9.52 Å². The second kappa shape index (κ2) is 15.1. The van der Waals surface area contributed by atoms with Crippen LogP contribution < -0.4 is 9.46 Å². The van der Waals surface area contributed by atoms with Gasteiger partial charge in [-0.05, 0) is 51.3 Å². The van der Waals surface area contributed by atoms with E-state index in [1.54, 1.807) is 31.7 Å². The number of benzene rings is 1. The lowest BCUT2D eigenvalue weighted by Gasteiger charge is -2.35. The van der Waals surface area contributed by atoms with Crippen molar-refractivity contribution in [1.82, 2.24) is 28.3 Å². The second-order valence-electron chi connectivity index (χ2n) is 12.2. The first-order valence-corrected chi connectivity index (χ1v) is 18.3. The number of aliphatic hydroxyl groups is 1. The Kier molecular flexibility index (Phi) is 11.7. The molecule has 0 aliphatic carbocycles. The number of rotatable bonds is 9. The number of amides is 1. The summed E-state index contributed by atoms with van der Waals surface area (Å²) in [5, 5.41) is 9.92. The summed E-state index contributed by atoms with van der Waals surface area (Å²) in [6.45, 7) is 5.56. The number of nitrogens with one attached hydrogen (secondary N) is 1. The van der Waals surface area contributed by atoms with Gasteiger partial charge in [0.05, 0.1) is 43.1 Å². The molecule has 4 atom stereocenters. The van der Waals surface area contributed by atoms with Gasteiger partial charge < -0.3 is 28.6 Å². The lowest BCUT2D eigenvalue weighted by Crippen LogP contribution is -2.48. The standard InChI is InChI=1S/C30H45N7O8S2/c1-21-14-37(22(2)18-38)30(39)25-13-24(33-46(40,41)28-16-34(4)19-31-28)10-11-26(25)45-23(3)9-7-8-12-44-27(21)15-36(6)47(42,43)29-17-35(5)20-32-29/h10-11,13,16-17,19-23,27,33,38H,7-9,12,14-15,18H2,1-6H3/t21-,22-,23+,27-/m1/s1. The minimum Gasteiger partial charge on any atom is -0.490 e. The molecule has 2 N–H and O–H groups in total. The Morgan fingerprint density at radius 2 is 1.72 bits per heavy atom. The van der Waals surface area contributed by atoms with Gasteiger partial charge in [-0.25, -0.2) is 18.4 Å². The van der Waals surface area contributed by atoms with Crippen LogP contribution >= 0.6 is 0 Å². The quantitative estimate of drug-likeness (QED) is 0.337. The summed E-state index contributed by atoms with van der Waals surface area (Å²) in [6, 6.07) is 3.85. The molecule has 3 heterocycles. The zero-order valence-corrected chi connectivity index (χ0v) is 29.2. The first kappa shape index (κ1) is 36.3. The fourth-order valence-electron chi connectivity index (χ4n) is 5.22. The predicted molar refractivity (Wildman–Crippen MR) is 174 cm³/mol. The Labute approximate surface area is 276 Å². The van der Waals surface area contributed by atoms with Gasteiger partial charge in [0.2, 0.25) is 0 Å². The van der Waals surface area contributed by atoms with E-state index in [2.05, 4.69) is 14.7 Å². The van der Waals surface area contributed by atoms with Crippen molar-refractivity contribution in [3.8, 4) is 5.75 Å². The number of aromatic nitrogens is 4. The largest absolute Gasteiger partial charge is 0.490 e. The van der Waals surface area contributed by atoms with E-state index < -0.39 is 38.1 Å². The van der Waals surface area contributed by atoms with Gasteiger partial charge in [-0.2, -0.15) is 12.7 Å². The van der Waals surface area contributed by atoms with Crippen molar-refractivity contribution in [3.63, 3.8) is 0 Å². The third-order valence-corrected chi connectivity index (χ3v) is 11.0. The SMILES string of the molecule is C[C@@H]1CN([C@H](C)CO)C(=O)c2cc(NS(=O)(=O)c3cn(C)cn3)ccc2O[C@@H](C)CCCCO[C@@H]1CN(C)S(=O)(=O)c1cn(C)cn1. The number of anilines is 1. The normalized spacial score (nSPS) is 21.1. The topological polar surface area (TPSA) is 178 Å². The molecule has 0 saturated carbocycles. The number of fused-ring (bicyclic) bond motifs is 1. The molecule has 0 spiro atoms. The maximum absolute atomic E-state index is 14.3. The van der Waals surface area contributed by atoms with Crippen LogP contribution in [0.5, 0.6) is 5.75 Å². The molecule has 0 fully saturated rings. The first-order chi connectivity index (χ1) is 22.1. The highest BCUT2D eigenvalue weighted by atomic mass is 32.2. The fraction of sp³-hybridized carbons (Fsp3) is 0.567. The zero-order valence-electron chi connectivity index (χ0n) is 27.6. The van der Waals surface area contributed by atoms with Gasteiger partial charge in [-0.15, -0.1) is 0 Å². The van der Waals surface area contributed by atoms with Gasteiger partial charge >= 0.3 is 0 Å². The van der Waals surface area contributed by atoms with Crippen LogP contribution in [0, 0.1) is 5.92 Å². The maximum atomic E-state index is 14.3. The molecule has 1 aromatic carbocycles. The van der Waals surface area contributed by atoms with E-state index in [9.17, 15) is 26.7 Å². The van der Waals surface area contributed by atoms with E-state index >= 15 is 0 Å². The Balaban J connectivity index is 1.67. The average molecular weight is 696 g/mol. The van der Waals surface area contributed by atoms with Crippen LogP contribution in [0.25, 0.3) is 0 Å². The summed E-state index contributed by atoms with van der Waals surface area (Å²) in [5.41, 5.74) is 0.238. The van der Waals surface area contributed by atoms with Crippen LogP contribution in [0.2, 0.25) is 0 Å². The molecule has 1 aliphatic heterocycles. The molecule has 0 unspecified atom stereocenters. The Bertz CT molecular complexity index is 1740. The van der Waals surface area contributed by atoms with Crippen molar-refractivity contribution >= 4 is 31.6 Å². The monoisotopic (exact) mass is 695 g/mol. The van der Waals surface area contributed by atoms with E-state index in [1.807, 2.05) is 13.8 Å². The van der Waals surface area contributed by atoms with Gasteiger partial charge in [-0.1, -0.05) is 6.92 Å². The second-order valence-corrected chi connectivity index (χ2v) is 15.8. The maximum Gasteiger partial charge on any atom is 0.280 e. The van der Waals surface area contributed by atoms with Crippen LogP contribution in [0.15, 0.2) is 53.3 Å². The molecule has 0 saturated heterocycles. The number of aryl methyl sites for hydroxylation is 2. The molecule has 17 heteroatoms.